The van der Waals surface area contributed by atoms with Gasteiger partial charge in [-0.2, -0.15) is 0 Å². The molecule has 1 heterocycles. The summed E-state index contributed by atoms with van der Waals surface area (Å²) in [4.78, 5) is 0. The van der Waals surface area contributed by atoms with E-state index in [1.54, 1.807) is 0 Å². The fourth-order valence-electron chi connectivity index (χ4n) is 1.23. The summed E-state index contributed by atoms with van der Waals surface area (Å²) in [5.41, 5.74) is 0. The van der Waals surface area contributed by atoms with E-state index in [1.165, 1.54) is 0 Å². The third-order valence-corrected chi connectivity index (χ3v) is 3.61. The molecule has 1 fully saturated rings. The van der Waals surface area contributed by atoms with Crippen molar-refractivity contribution in [2.24, 2.45) is 5.92 Å². The van der Waals surface area contributed by atoms with E-state index < -0.39 is 9.05 Å². The van der Waals surface area contributed by atoms with Crippen LogP contribution in [0.25, 0.3) is 0 Å². The number of hydrogen-bond donors (Lipinski definition) is 0. The Hall–Kier alpha value is 0.160. The van der Waals surface area contributed by atoms with Crippen molar-refractivity contribution in [2.45, 2.75) is 25.9 Å². The van der Waals surface area contributed by atoms with E-state index >= 15 is 0 Å². The molecule has 0 radical (unpaired) electrons. The van der Waals surface area contributed by atoms with Gasteiger partial charge in [-0.25, -0.2) is 8.42 Å². The number of ether oxygens (including phenoxy) is 2. The van der Waals surface area contributed by atoms with Crippen LogP contribution >= 0.6 is 10.7 Å². The molecular formula is C9H17ClO4S. The number of hydrogen-bond acceptors (Lipinski definition) is 4. The molecule has 1 atom stereocenters. The minimum Gasteiger partial charge on any atom is -0.376 e. The molecule has 1 aliphatic heterocycles. The van der Waals surface area contributed by atoms with Gasteiger partial charge in [-0.3, -0.25) is 0 Å². The van der Waals surface area contributed by atoms with Gasteiger partial charge in [-0.05, 0) is 18.8 Å². The zero-order chi connectivity index (χ0) is 11.3. The summed E-state index contributed by atoms with van der Waals surface area (Å²) >= 11 is 0. The first-order chi connectivity index (χ1) is 6.97. The Bertz CT molecular complexity index is 274. The van der Waals surface area contributed by atoms with Gasteiger partial charge in [0.1, 0.15) is 6.10 Å². The molecule has 6 heteroatoms. The molecule has 0 saturated carbocycles. The van der Waals surface area contributed by atoms with Crippen LogP contribution in [0.3, 0.4) is 0 Å². The Labute approximate surface area is 95.3 Å². The summed E-state index contributed by atoms with van der Waals surface area (Å²) in [7, 11) is 1.78. The van der Waals surface area contributed by atoms with E-state index in [0.29, 0.717) is 32.2 Å². The Morgan fingerprint density at radius 1 is 1.47 bits per heavy atom. The molecule has 0 N–H and O–H groups in total. The van der Waals surface area contributed by atoms with Crippen molar-refractivity contribution in [3.8, 4) is 0 Å². The van der Waals surface area contributed by atoms with Gasteiger partial charge in [0.2, 0.25) is 9.05 Å². The highest BCUT2D eigenvalue weighted by atomic mass is 35.7. The third kappa shape index (κ3) is 6.35. The molecule has 0 aromatic heterocycles. The molecule has 4 nitrogen and oxygen atoms in total. The Kier molecular flexibility index (Phi) is 5.32. The first kappa shape index (κ1) is 13.2. The summed E-state index contributed by atoms with van der Waals surface area (Å²) < 4.78 is 31.8. The zero-order valence-corrected chi connectivity index (χ0v) is 10.4. The van der Waals surface area contributed by atoms with E-state index in [0.717, 1.165) is 6.42 Å². The summed E-state index contributed by atoms with van der Waals surface area (Å²) in [5, 5.41) is 0. The smallest absolute Gasteiger partial charge is 0.232 e. The van der Waals surface area contributed by atoms with E-state index in [1.807, 2.05) is 6.92 Å². The normalized spacial score (nSPS) is 19.9. The molecule has 1 rings (SSSR count). The summed E-state index contributed by atoms with van der Waals surface area (Å²) in [6.45, 7) is 4.04. The maximum Gasteiger partial charge on any atom is 0.232 e. The first-order valence-corrected chi connectivity index (χ1v) is 7.57. The Morgan fingerprint density at radius 2 is 2.13 bits per heavy atom. The van der Waals surface area contributed by atoms with Gasteiger partial charge in [-0.15, -0.1) is 0 Å². The van der Waals surface area contributed by atoms with Crippen molar-refractivity contribution in [1.29, 1.82) is 0 Å². The number of rotatable bonds is 7. The Morgan fingerprint density at radius 3 is 2.60 bits per heavy atom. The molecule has 0 spiro atoms. The lowest BCUT2D eigenvalue weighted by Crippen LogP contribution is -2.36. The van der Waals surface area contributed by atoms with Crippen molar-refractivity contribution in [2.75, 3.05) is 25.6 Å². The number of halogens is 1. The molecule has 15 heavy (non-hydrogen) atoms. The highest BCUT2D eigenvalue weighted by Crippen LogP contribution is 2.13. The zero-order valence-electron chi connectivity index (χ0n) is 8.82. The topological polar surface area (TPSA) is 52.6 Å². The predicted molar refractivity (Wildman–Crippen MR) is 58.6 cm³/mol. The fraction of sp³-hybridized carbons (Fsp3) is 1.00. The molecule has 0 aromatic carbocycles. The van der Waals surface area contributed by atoms with Gasteiger partial charge in [0.05, 0.1) is 19.0 Å². The van der Waals surface area contributed by atoms with Crippen LogP contribution in [-0.4, -0.2) is 40.1 Å². The molecule has 1 unspecified atom stereocenters. The van der Waals surface area contributed by atoms with Gasteiger partial charge in [0.25, 0.3) is 0 Å². The summed E-state index contributed by atoms with van der Waals surface area (Å²) in [6.07, 6.45) is 1.70. The molecule has 1 aliphatic rings. The largest absolute Gasteiger partial charge is 0.376 e. The van der Waals surface area contributed by atoms with Crippen LogP contribution in [0.1, 0.15) is 19.8 Å². The second kappa shape index (κ2) is 6.03. The lowest BCUT2D eigenvalue weighted by Gasteiger charge is -2.26. The molecule has 0 aliphatic carbocycles. The van der Waals surface area contributed by atoms with Gasteiger partial charge in [-0.1, -0.05) is 6.92 Å². The second-order valence-corrected chi connectivity index (χ2v) is 6.85. The molecule has 1 saturated heterocycles. The quantitative estimate of drug-likeness (QED) is 0.646. The molecule has 0 amide bonds. The van der Waals surface area contributed by atoms with Crippen molar-refractivity contribution in [3.63, 3.8) is 0 Å². The van der Waals surface area contributed by atoms with Crippen LogP contribution in [0.4, 0.5) is 0 Å². The highest BCUT2D eigenvalue weighted by molar-refractivity contribution is 8.13. The maximum atomic E-state index is 10.7. The van der Waals surface area contributed by atoms with Crippen molar-refractivity contribution < 1.29 is 17.9 Å². The van der Waals surface area contributed by atoms with Crippen LogP contribution in [0.2, 0.25) is 0 Å². The van der Waals surface area contributed by atoms with Crippen LogP contribution in [-0.2, 0) is 18.5 Å². The van der Waals surface area contributed by atoms with Crippen LogP contribution in [0.5, 0.6) is 0 Å². The van der Waals surface area contributed by atoms with Crippen molar-refractivity contribution in [3.05, 3.63) is 0 Å². The van der Waals surface area contributed by atoms with Gasteiger partial charge < -0.3 is 9.47 Å². The minimum atomic E-state index is -3.34. The fourth-order valence-corrected chi connectivity index (χ4v) is 2.18. The van der Waals surface area contributed by atoms with E-state index in [2.05, 4.69) is 0 Å². The third-order valence-electron chi connectivity index (χ3n) is 2.43. The van der Waals surface area contributed by atoms with Crippen molar-refractivity contribution >= 4 is 19.7 Å². The first-order valence-electron chi connectivity index (χ1n) is 5.09. The monoisotopic (exact) mass is 256 g/mol. The van der Waals surface area contributed by atoms with E-state index in [-0.39, 0.29) is 11.9 Å². The van der Waals surface area contributed by atoms with Crippen LogP contribution in [0.15, 0.2) is 0 Å². The minimum absolute atomic E-state index is 0.0439. The average Bonchev–Trinajstić information content (AvgIpc) is 2.04. The van der Waals surface area contributed by atoms with Gasteiger partial charge >= 0.3 is 0 Å². The average molecular weight is 257 g/mol. The lowest BCUT2D eigenvalue weighted by molar-refractivity contribution is -0.131. The molecular weight excluding hydrogens is 240 g/mol. The Balaban J connectivity index is 2.00. The second-order valence-electron chi connectivity index (χ2n) is 3.96. The highest BCUT2D eigenvalue weighted by Gasteiger charge is 2.18. The van der Waals surface area contributed by atoms with Gasteiger partial charge in [0, 0.05) is 17.3 Å². The molecule has 0 bridgehead atoms. The standard InChI is InChI=1S/C9H17ClO4S/c1-8(3-5-15(10,11)12)2-4-14-9-6-13-7-9/h8-9H,2-7H2,1H3. The predicted octanol–water partition coefficient (Wildman–Crippen LogP) is 1.39. The SMILES string of the molecule is CC(CCOC1COC1)CCS(=O)(=O)Cl. The van der Waals surface area contributed by atoms with Gasteiger partial charge in [0.15, 0.2) is 0 Å². The van der Waals surface area contributed by atoms with Crippen molar-refractivity contribution in [1.82, 2.24) is 0 Å². The van der Waals surface area contributed by atoms with Crippen LogP contribution in [0, 0.1) is 5.92 Å². The summed E-state index contributed by atoms with van der Waals surface area (Å²) in [5.74, 6) is 0.363. The lowest BCUT2D eigenvalue weighted by atomic mass is 10.1. The van der Waals surface area contributed by atoms with E-state index in [4.69, 9.17) is 20.2 Å². The summed E-state index contributed by atoms with van der Waals surface area (Å²) in [6, 6.07) is 0. The maximum absolute atomic E-state index is 10.7. The van der Waals surface area contributed by atoms with Crippen LogP contribution < -0.4 is 0 Å². The molecule has 0 aromatic rings. The van der Waals surface area contributed by atoms with E-state index in [9.17, 15) is 8.42 Å². The molecule has 90 valence electrons.